The van der Waals surface area contributed by atoms with Crippen molar-refractivity contribution >= 4 is 18.4 Å². The molecule has 0 aromatic carbocycles. The van der Waals surface area contributed by atoms with Crippen molar-refractivity contribution in [3.63, 3.8) is 0 Å². The zero-order chi connectivity index (χ0) is 31.7. The zero-order valence-electron chi connectivity index (χ0n) is 28.7. The Kier molecular flexibility index (Phi) is 12.7. The van der Waals surface area contributed by atoms with Crippen LogP contribution in [0.4, 0.5) is 0 Å². The van der Waals surface area contributed by atoms with Gasteiger partial charge in [-0.2, -0.15) is 0 Å². The summed E-state index contributed by atoms with van der Waals surface area (Å²) < 4.78 is 17.6. The first-order chi connectivity index (χ1) is 21.0. The monoisotopic (exact) mass is 616 g/mol. The van der Waals surface area contributed by atoms with Crippen LogP contribution < -0.4 is 0 Å². The molecule has 6 heteroatoms. The molecule has 0 aromatic heterocycles. The van der Waals surface area contributed by atoms with E-state index in [0.717, 1.165) is 50.9 Å². The number of hydrogen-bond acceptors (Lipinski definition) is 6. The third kappa shape index (κ3) is 9.95. The molecule has 4 unspecified atom stereocenters. The minimum absolute atomic E-state index is 0.0383. The average molecular weight is 617 g/mol. The van der Waals surface area contributed by atoms with Crippen LogP contribution in [0.5, 0.6) is 0 Å². The minimum Gasteiger partial charge on any atom is -0.467 e. The predicted molar refractivity (Wildman–Crippen MR) is 174 cm³/mol. The van der Waals surface area contributed by atoms with Gasteiger partial charge in [-0.25, -0.2) is 0 Å². The maximum Gasteiger partial charge on any atom is 0.306 e. The summed E-state index contributed by atoms with van der Waals surface area (Å²) in [4.78, 5) is 37.6. The van der Waals surface area contributed by atoms with Crippen LogP contribution in [0.2, 0.25) is 0 Å². The Morgan fingerprint density at radius 3 is 1.86 bits per heavy atom. The molecule has 44 heavy (non-hydrogen) atoms. The van der Waals surface area contributed by atoms with Gasteiger partial charge in [0, 0.05) is 22.7 Å². The molecule has 5 aliphatic carbocycles. The van der Waals surface area contributed by atoms with Gasteiger partial charge in [-0.05, 0) is 107 Å². The zero-order valence-corrected chi connectivity index (χ0v) is 28.7. The Labute approximate surface area is 268 Å². The predicted octanol–water partition coefficient (Wildman–Crippen LogP) is 9.37. The van der Waals surface area contributed by atoms with E-state index in [0.29, 0.717) is 51.0 Å². The molecule has 0 aromatic rings. The number of rotatable bonds is 19. The third-order valence-electron chi connectivity index (χ3n) is 12.2. The lowest BCUT2D eigenvalue weighted by Crippen LogP contribution is -2.52. The second-order valence-corrected chi connectivity index (χ2v) is 16.9. The Hall–Kier alpha value is -1.59. The molecular weight excluding hydrogens is 552 g/mol. The van der Waals surface area contributed by atoms with E-state index < -0.39 is 0 Å². The van der Waals surface area contributed by atoms with Gasteiger partial charge in [0.25, 0.3) is 6.47 Å². The standard InChI is InChI=1S/C38H64O6/c1-5-7-9-11-31(12-10-8-6-2)19-33(40)43-27-36(4)21-32-20-35(3,26-42-29-39)24-38(22-32,25-36)28-44-34(41)23-37-16-13-30(14-17-37)15-18-37/h29-32H,5-28H2,1-4H3. The Morgan fingerprint density at radius 2 is 1.30 bits per heavy atom. The van der Waals surface area contributed by atoms with Gasteiger partial charge in [-0.3, -0.25) is 14.4 Å². The minimum atomic E-state index is -0.191. The fraction of sp³-hybridized carbons (Fsp3) is 0.921. The van der Waals surface area contributed by atoms with E-state index in [-0.39, 0.29) is 33.6 Å². The molecule has 0 amide bonds. The van der Waals surface area contributed by atoms with Crippen molar-refractivity contribution in [1.82, 2.24) is 0 Å². The van der Waals surface area contributed by atoms with E-state index in [1.54, 1.807) is 0 Å². The van der Waals surface area contributed by atoms with E-state index in [1.165, 1.54) is 77.0 Å². The Morgan fingerprint density at radius 1 is 0.727 bits per heavy atom. The summed E-state index contributed by atoms with van der Waals surface area (Å²) in [6.45, 7) is 10.8. The van der Waals surface area contributed by atoms with Crippen LogP contribution in [0.3, 0.4) is 0 Å². The first-order valence-corrected chi connectivity index (χ1v) is 18.4. The number of esters is 2. The van der Waals surface area contributed by atoms with Crippen molar-refractivity contribution in [2.75, 3.05) is 19.8 Å². The van der Waals surface area contributed by atoms with Crippen molar-refractivity contribution in [1.29, 1.82) is 0 Å². The number of carbonyl (C=O) groups excluding carboxylic acids is 3. The molecule has 0 N–H and O–H groups in total. The summed E-state index contributed by atoms with van der Waals surface area (Å²) in [5, 5.41) is 0. The topological polar surface area (TPSA) is 78.9 Å². The van der Waals surface area contributed by atoms with E-state index in [4.69, 9.17) is 14.2 Å². The molecule has 5 saturated carbocycles. The summed E-state index contributed by atoms with van der Waals surface area (Å²) in [5.41, 5.74) is -0.327. The summed E-state index contributed by atoms with van der Waals surface area (Å²) in [7, 11) is 0. The second-order valence-electron chi connectivity index (χ2n) is 16.9. The molecule has 4 bridgehead atoms. The summed E-state index contributed by atoms with van der Waals surface area (Å²) in [6, 6.07) is 0. The normalized spacial score (nSPS) is 34.5. The number of fused-ring (bicyclic) bond motifs is 5. The maximum atomic E-state index is 13.3. The second kappa shape index (κ2) is 15.8. The van der Waals surface area contributed by atoms with Gasteiger partial charge < -0.3 is 14.2 Å². The van der Waals surface area contributed by atoms with Gasteiger partial charge in [0.15, 0.2) is 0 Å². The van der Waals surface area contributed by atoms with Gasteiger partial charge in [-0.1, -0.05) is 66.2 Å². The van der Waals surface area contributed by atoms with Crippen LogP contribution in [-0.2, 0) is 28.6 Å². The van der Waals surface area contributed by atoms with Gasteiger partial charge in [0.05, 0.1) is 26.2 Å². The van der Waals surface area contributed by atoms with Crippen LogP contribution in [0, 0.1) is 39.4 Å². The highest BCUT2D eigenvalue weighted by Gasteiger charge is 2.55. The van der Waals surface area contributed by atoms with Crippen molar-refractivity contribution < 1.29 is 28.6 Å². The smallest absolute Gasteiger partial charge is 0.306 e. The lowest BCUT2D eigenvalue weighted by atomic mass is 9.49. The molecule has 0 heterocycles. The van der Waals surface area contributed by atoms with E-state index in [1.807, 2.05) is 0 Å². The quantitative estimate of drug-likeness (QED) is 0.0623. The molecule has 252 valence electrons. The van der Waals surface area contributed by atoms with E-state index in [2.05, 4.69) is 27.7 Å². The number of unbranched alkanes of at least 4 members (excludes halogenated alkanes) is 4. The van der Waals surface area contributed by atoms with Gasteiger partial charge in [-0.15, -0.1) is 0 Å². The van der Waals surface area contributed by atoms with Crippen molar-refractivity contribution in [3.05, 3.63) is 0 Å². The van der Waals surface area contributed by atoms with Crippen molar-refractivity contribution in [2.45, 2.75) is 163 Å². The lowest BCUT2D eigenvalue weighted by molar-refractivity contribution is -0.169. The molecule has 0 radical (unpaired) electrons. The van der Waals surface area contributed by atoms with Crippen LogP contribution in [0.15, 0.2) is 0 Å². The van der Waals surface area contributed by atoms with Crippen LogP contribution in [0.25, 0.3) is 0 Å². The van der Waals surface area contributed by atoms with Gasteiger partial charge >= 0.3 is 11.9 Å². The summed E-state index contributed by atoms with van der Waals surface area (Å²) in [6.07, 6.45) is 22.5. The molecule has 5 aliphatic rings. The van der Waals surface area contributed by atoms with E-state index in [9.17, 15) is 14.4 Å². The molecule has 5 fully saturated rings. The fourth-order valence-electron chi connectivity index (χ4n) is 10.5. The molecule has 4 atom stereocenters. The van der Waals surface area contributed by atoms with Crippen molar-refractivity contribution in [2.24, 2.45) is 39.4 Å². The highest BCUT2D eigenvalue weighted by molar-refractivity contribution is 5.70. The van der Waals surface area contributed by atoms with Crippen LogP contribution in [0.1, 0.15) is 163 Å². The third-order valence-corrected chi connectivity index (χ3v) is 12.2. The SMILES string of the molecule is CCCCCC(CCCCC)CC(=O)OCC1(C)CC2CC(C)(COC=O)CC(COC(=O)CC34CCC(CC3)CC4)(C2)C1. The number of carbonyl (C=O) groups is 3. The van der Waals surface area contributed by atoms with Crippen LogP contribution in [-0.4, -0.2) is 38.2 Å². The maximum absolute atomic E-state index is 13.3. The average Bonchev–Trinajstić information content (AvgIpc) is 2.98. The summed E-state index contributed by atoms with van der Waals surface area (Å²) in [5.74, 6) is 1.62. The van der Waals surface area contributed by atoms with Crippen molar-refractivity contribution in [3.8, 4) is 0 Å². The van der Waals surface area contributed by atoms with Gasteiger partial charge in [0.1, 0.15) is 0 Å². The molecule has 0 aliphatic heterocycles. The number of ether oxygens (including phenoxy) is 3. The highest BCUT2D eigenvalue weighted by Crippen LogP contribution is 2.61. The highest BCUT2D eigenvalue weighted by atomic mass is 16.5. The molecule has 5 rings (SSSR count). The van der Waals surface area contributed by atoms with Crippen LogP contribution >= 0.6 is 0 Å². The molecule has 0 spiro atoms. The molecular formula is C38H64O6. The first kappa shape index (κ1) is 35.3. The lowest BCUT2D eigenvalue weighted by Gasteiger charge is -2.57. The molecule has 0 saturated heterocycles. The Bertz CT molecular complexity index is 916. The van der Waals surface area contributed by atoms with Gasteiger partial charge in [0.2, 0.25) is 0 Å². The number of hydrogen-bond donors (Lipinski definition) is 0. The summed E-state index contributed by atoms with van der Waals surface area (Å²) >= 11 is 0. The largest absolute Gasteiger partial charge is 0.467 e. The molecule has 6 nitrogen and oxygen atoms in total. The Balaban J connectivity index is 1.38. The fourth-order valence-corrected chi connectivity index (χ4v) is 10.5. The van der Waals surface area contributed by atoms with E-state index >= 15 is 0 Å². The first-order valence-electron chi connectivity index (χ1n) is 18.4.